The van der Waals surface area contributed by atoms with E-state index in [0.29, 0.717) is 27.6 Å². The molecular formula is C25H23F3N4O2S. The smallest absolute Gasteiger partial charge is 0.365 e. The van der Waals surface area contributed by atoms with E-state index < -0.39 is 21.8 Å². The first-order valence-electron chi connectivity index (χ1n) is 11.2. The number of hydrogen-bond acceptors (Lipinski definition) is 5. The van der Waals surface area contributed by atoms with Gasteiger partial charge in [0.25, 0.3) is 0 Å². The molecule has 10 heteroatoms. The van der Waals surface area contributed by atoms with Crippen LogP contribution in [0.2, 0.25) is 0 Å². The highest BCUT2D eigenvalue weighted by Crippen LogP contribution is 2.32. The number of hydrogen-bond donors (Lipinski definition) is 2. The minimum Gasteiger partial charge on any atom is -0.365 e. The molecular weight excluding hydrogens is 477 g/mol. The number of benzene rings is 2. The second-order valence-electron chi connectivity index (χ2n) is 8.49. The summed E-state index contributed by atoms with van der Waals surface area (Å²) in [6, 6.07) is 14.0. The summed E-state index contributed by atoms with van der Waals surface area (Å²) in [6.07, 6.45) is 0.733. The van der Waals surface area contributed by atoms with Gasteiger partial charge in [-0.25, -0.2) is 17.4 Å². The number of nitrogens with one attached hydrogen (secondary N) is 2. The number of nitrogens with zero attached hydrogens (tertiary/aromatic N) is 2. The Balaban J connectivity index is 1.50. The lowest BCUT2D eigenvalue weighted by atomic mass is 10.1. The van der Waals surface area contributed by atoms with Gasteiger partial charge in [-0.1, -0.05) is 42.5 Å². The van der Waals surface area contributed by atoms with E-state index in [-0.39, 0.29) is 17.4 Å². The van der Waals surface area contributed by atoms with Crippen molar-refractivity contribution >= 4 is 43.7 Å². The summed E-state index contributed by atoms with van der Waals surface area (Å²) < 4.78 is 66.7. The van der Waals surface area contributed by atoms with Crippen molar-refractivity contribution in [3.8, 4) is 0 Å². The maximum absolute atomic E-state index is 13.3. The minimum atomic E-state index is -4.46. The van der Waals surface area contributed by atoms with Crippen molar-refractivity contribution in [1.29, 1.82) is 0 Å². The summed E-state index contributed by atoms with van der Waals surface area (Å²) in [5.41, 5.74) is 0.689. The van der Waals surface area contributed by atoms with Crippen molar-refractivity contribution in [2.45, 2.75) is 18.6 Å². The number of para-hydroxylation sites is 1. The van der Waals surface area contributed by atoms with Crippen LogP contribution in [-0.4, -0.2) is 42.3 Å². The molecule has 0 amide bonds. The molecule has 1 fully saturated rings. The van der Waals surface area contributed by atoms with Crippen LogP contribution < -0.4 is 10.6 Å². The molecule has 1 aliphatic heterocycles. The molecule has 0 radical (unpaired) electrons. The number of pyridine rings is 1. The molecule has 182 valence electrons. The largest absolute Gasteiger partial charge is 0.416 e. The van der Waals surface area contributed by atoms with Crippen molar-refractivity contribution in [3.05, 3.63) is 78.0 Å². The van der Waals surface area contributed by atoms with Gasteiger partial charge in [0.2, 0.25) is 10.0 Å². The first-order valence-corrected chi connectivity index (χ1v) is 12.8. The van der Waals surface area contributed by atoms with Gasteiger partial charge in [-0.2, -0.15) is 13.2 Å². The molecule has 0 aliphatic carbocycles. The first kappa shape index (κ1) is 23.4. The predicted molar refractivity (Wildman–Crippen MR) is 132 cm³/mol. The Kier molecular flexibility index (Phi) is 6.02. The van der Waals surface area contributed by atoms with Crippen molar-refractivity contribution in [1.82, 2.24) is 14.3 Å². The van der Waals surface area contributed by atoms with Gasteiger partial charge in [-0.05, 0) is 42.8 Å². The van der Waals surface area contributed by atoms with E-state index in [1.807, 2.05) is 24.3 Å². The Morgan fingerprint density at radius 2 is 1.94 bits per heavy atom. The van der Waals surface area contributed by atoms with Crippen molar-refractivity contribution in [2.75, 3.05) is 24.2 Å². The fourth-order valence-electron chi connectivity index (χ4n) is 4.34. The van der Waals surface area contributed by atoms with E-state index in [9.17, 15) is 21.6 Å². The summed E-state index contributed by atoms with van der Waals surface area (Å²) in [7, 11) is -3.85. The molecule has 0 saturated carbocycles. The summed E-state index contributed by atoms with van der Waals surface area (Å²) in [5.74, 6) is 0.250. The standard InChI is InChI=1S/C25H23F3N4O2S/c26-25(27,28)18-7-3-5-17(15-18)6-4-14-35(33,34)32-13-11-21-23(32)20-8-1-2-9-22(20)31-24(21)30-19-10-12-29-16-19/h1-9,11,13,15,19,29H,10,12,14,16H2,(H,30,31). The fraction of sp³-hybridized carbons (Fsp3) is 0.240. The number of fused-ring (bicyclic) bond motifs is 3. The molecule has 1 saturated heterocycles. The lowest BCUT2D eigenvalue weighted by Crippen LogP contribution is -2.23. The molecule has 2 aromatic heterocycles. The molecule has 6 nitrogen and oxygen atoms in total. The van der Waals surface area contributed by atoms with Crippen LogP contribution in [0.1, 0.15) is 17.5 Å². The highest BCUT2D eigenvalue weighted by atomic mass is 32.2. The predicted octanol–water partition coefficient (Wildman–Crippen LogP) is 4.87. The average molecular weight is 501 g/mol. The Morgan fingerprint density at radius 1 is 1.11 bits per heavy atom. The van der Waals surface area contributed by atoms with Crippen LogP contribution in [0.3, 0.4) is 0 Å². The minimum absolute atomic E-state index is 0.196. The third-order valence-corrected chi connectivity index (χ3v) is 7.55. The zero-order valence-electron chi connectivity index (χ0n) is 18.6. The summed E-state index contributed by atoms with van der Waals surface area (Å²) >= 11 is 0. The van der Waals surface area contributed by atoms with Crippen LogP contribution in [-0.2, 0) is 16.2 Å². The van der Waals surface area contributed by atoms with Crippen molar-refractivity contribution < 1.29 is 21.6 Å². The topological polar surface area (TPSA) is 76.0 Å². The number of halogens is 3. The third kappa shape index (κ3) is 4.76. The maximum Gasteiger partial charge on any atom is 0.416 e. The van der Waals surface area contributed by atoms with E-state index in [4.69, 9.17) is 4.98 Å². The zero-order chi connectivity index (χ0) is 24.6. The molecule has 1 unspecified atom stereocenters. The molecule has 0 spiro atoms. The van der Waals surface area contributed by atoms with Crippen molar-refractivity contribution in [3.63, 3.8) is 0 Å². The average Bonchev–Trinajstić information content (AvgIpc) is 3.49. The van der Waals surface area contributed by atoms with Gasteiger partial charge in [0, 0.05) is 29.6 Å². The Morgan fingerprint density at radius 3 is 2.71 bits per heavy atom. The van der Waals surface area contributed by atoms with Crippen molar-refractivity contribution in [2.24, 2.45) is 0 Å². The SMILES string of the molecule is O=S(=O)(CC=Cc1cccc(C(F)(F)F)c1)n1ccc2c(NC3CCNC3)nc3ccccc3c21. The molecule has 5 rings (SSSR count). The number of aromatic nitrogens is 2. The fourth-order valence-corrected chi connectivity index (χ4v) is 5.56. The second kappa shape index (κ2) is 9.01. The van der Waals surface area contributed by atoms with Crippen LogP contribution in [0.25, 0.3) is 27.9 Å². The van der Waals surface area contributed by atoms with Crippen LogP contribution in [0, 0.1) is 0 Å². The van der Waals surface area contributed by atoms with Crippen LogP contribution in [0.5, 0.6) is 0 Å². The van der Waals surface area contributed by atoms with Gasteiger partial charge in [0.15, 0.2) is 0 Å². The van der Waals surface area contributed by atoms with E-state index in [2.05, 4.69) is 10.6 Å². The highest BCUT2D eigenvalue weighted by molar-refractivity contribution is 7.90. The number of anilines is 1. The maximum atomic E-state index is 13.3. The molecule has 3 heterocycles. The summed E-state index contributed by atoms with van der Waals surface area (Å²) in [4.78, 5) is 4.74. The molecule has 0 bridgehead atoms. The lowest BCUT2D eigenvalue weighted by molar-refractivity contribution is -0.137. The quantitative estimate of drug-likeness (QED) is 0.395. The molecule has 1 atom stereocenters. The van der Waals surface area contributed by atoms with Gasteiger partial charge in [0.1, 0.15) is 5.82 Å². The summed E-state index contributed by atoms with van der Waals surface area (Å²) in [5, 5.41) is 8.13. The van der Waals surface area contributed by atoms with Gasteiger partial charge in [-0.15, -0.1) is 0 Å². The molecule has 2 N–H and O–H groups in total. The number of alkyl halides is 3. The summed E-state index contributed by atoms with van der Waals surface area (Å²) in [6.45, 7) is 1.71. The Labute approximate surface area is 200 Å². The molecule has 4 aromatic rings. The van der Waals surface area contributed by atoms with E-state index in [0.717, 1.165) is 31.6 Å². The number of rotatable bonds is 6. The monoisotopic (exact) mass is 500 g/mol. The van der Waals surface area contributed by atoms with Gasteiger partial charge in [-0.3, -0.25) is 0 Å². The molecule has 2 aromatic carbocycles. The first-order chi connectivity index (χ1) is 16.7. The zero-order valence-corrected chi connectivity index (χ0v) is 19.4. The normalized spacial score (nSPS) is 17.1. The van der Waals surface area contributed by atoms with E-state index in [1.54, 1.807) is 6.07 Å². The van der Waals surface area contributed by atoms with Gasteiger partial charge < -0.3 is 10.6 Å². The molecule has 35 heavy (non-hydrogen) atoms. The van der Waals surface area contributed by atoms with Crippen LogP contribution in [0.4, 0.5) is 19.0 Å². The third-order valence-electron chi connectivity index (χ3n) is 6.03. The lowest BCUT2D eigenvalue weighted by Gasteiger charge is -2.15. The van der Waals surface area contributed by atoms with Crippen LogP contribution >= 0.6 is 0 Å². The second-order valence-corrected chi connectivity index (χ2v) is 10.4. The van der Waals surface area contributed by atoms with Crippen LogP contribution in [0.15, 0.2) is 66.9 Å². The highest BCUT2D eigenvalue weighted by Gasteiger charge is 2.30. The Hall–Kier alpha value is -3.37. The van der Waals surface area contributed by atoms with E-state index in [1.165, 1.54) is 34.5 Å². The Bertz CT molecular complexity index is 1520. The molecule has 1 aliphatic rings. The van der Waals surface area contributed by atoms with Gasteiger partial charge in [0.05, 0.1) is 22.3 Å². The van der Waals surface area contributed by atoms with Gasteiger partial charge >= 0.3 is 6.18 Å². The van der Waals surface area contributed by atoms with E-state index >= 15 is 0 Å².